The first-order chi connectivity index (χ1) is 10.0. The van der Waals surface area contributed by atoms with E-state index in [4.69, 9.17) is 9.84 Å². The maximum Gasteiger partial charge on any atom is 0.343 e. The van der Waals surface area contributed by atoms with Gasteiger partial charge in [0.1, 0.15) is 11.6 Å². The van der Waals surface area contributed by atoms with Crippen LogP contribution in [0.3, 0.4) is 0 Å². The fraction of sp³-hybridized carbons (Fsp3) is 0. The van der Waals surface area contributed by atoms with Crippen LogP contribution in [0, 0.1) is 5.82 Å². The number of benzene rings is 2. The van der Waals surface area contributed by atoms with Gasteiger partial charge in [-0.1, -0.05) is 12.1 Å². The second kappa shape index (κ2) is 6.47. The molecule has 0 fully saturated rings. The van der Waals surface area contributed by atoms with Gasteiger partial charge in [-0.15, -0.1) is 0 Å². The molecule has 0 saturated heterocycles. The molecule has 2 aromatic rings. The normalized spacial score (nSPS) is 10.5. The third-order valence-electron chi connectivity index (χ3n) is 2.59. The average molecular weight is 286 g/mol. The van der Waals surface area contributed by atoms with Gasteiger partial charge in [0, 0.05) is 6.08 Å². The van der Waals surface area contributed by atoms with Crippen LogP contribution in [-0.2, 0) is 4.79 Å². The van der Waals surface area contributed by atoms with Crippen molar-refractivity contribution in [2.45, 2.75) is 0 Å². The lowest BCUT2D eigenvalue weighted by molar-refractivity contribution is -0.131. The van der Waals surface area contributed by atoms with Gasteiger partial charge in [0.25, 0.3) is 0 Å². The SMILES string of the molecule is O=C(O)/C=C/c1ccc(C(=O)Oc2ccc(F)cc2)cc1. The zero-order valence-corrected chi connectivity index (χ0v) is 10.8. The third kappa shape index (κ3) is 4.28. The molecule has 0 spiro atoms. The number of halogens is 1. The summed E-state index contributed by atoms with van der Waals surface area (Å²) in [4.78, 5) is 22.2. The number of ether oxygens (including phenoxy) is 1. The molecule has 5 heteroatoms. The Morgan fingerprint density at radius 1 is 1.00 bits per heavy atom. The summed E-state index contributed by atoms with van der Waals surface area (Å²) in [5, 5.41) is 8.51. The smallest absolute Gasteiger partial charge is 0.343 e. The van der Waals surface area contributed by atoms with Crippen LogP contribution in [0.2, 0.25) is 0 Å². The highest BCUT2D eigenvalue weighted by Gasteiger charge is 2.08. The summed E-state index contributed by atoms with van der Waals surface area (Å²) >= 11 is 0. The molecular weight excluding hydrogens is 275 g/mol. The average Bonchev–Trinajstić information content (AvgIpc) is 2.48. The van der Waals surface area contributed by atoms with Crippen LogP contribution in [0.25, 0.3) is 6.08 Å². The number of rotatable bonds is 4. The molecule has 2 rings (SSSR count). The van der Waals surface area contributed by atoms with Crippen LogP contribution in [0.1, 0.15) is 15.9 Å². The first kappa shape index (κ1) is 14.5. The topological polar surface area (TPSA) is 63.6 Å². The molecule has 0 amide bonds. The lowest BCUT2D eigenvalue weighted by atomic mass is 10.1. The molecule has 0 aliphatic rings. The van der Waals surface area contributed by atoms with Gasteiger partial charge in [0.2, 0.25) is 0 Å². The van der Waals surface area contributed by atoms with E-state index in [1.807, 2.05) is 0 Å². The van der Waals surface area contributed by atoms with E-state index in [1.54, 1.807) is 12.1 Å². The quantitative estimate of drug-likeness (QED) is 0.533. The molecule has 0 heterocycles. The molecule has 2 aromatic carbocycles. The zero-order chi connectivity index (χ0) is 15.2. The van der Waals surface area contributed by atoms with E-state index in [9.17, 15) is 14.0 Å². The number of carbonyl (C=O) groups excluding carboxylic acids is 1. The van der Waals surface area contributed by atoms with Crippen LogP contribution < -0.4 is 4.74 Å². The van der Waals surface area contributed by atoms with Crippen molar-refractivity contribution >= 4 is 18.0 Å². The molecule has 1 N–H and O–H groups in total. The van der Waals surface area contributed by atoms with Crippen LogP contribution in [0.5, 0.6) is 5.75 Å². The van der Waals surface area contributed by atoms with Gasteiger partial charge < -0.3 is 9.84 Å². The van der Waals surface area contributed by atoms with E-state index < -0.39 is 17.8 Å². The molecule has 0 aliphatic carbocycles. The molecule has 106 valence electrons. The molecule has 0 bridgehead atoms. The zero-order valence-electron chi connectivity index (χ0n) is 10.8. The predicted octanol–water partition coefficient (Wildman–Crippen LogP) is 3.14. The Morgan fingerprint density at radius 3 is 2.19 bits per heavy atom. The minimum atomic E-state index is -1.05. The predicted molar refractivity (Wildman–Crippen MR) is 74.5 cm³/mol. The van der Waals surface area contributed by atoms with Crippen LogP contribution >= 0.6 is 0 Å². The van der Waals surface area contributed by atoms with Gasteiger partial charge in [-0.25, -0.2) is 14.0 Å². The summed E-state index contributed by atoms with van der Waals surface area (Å²) in [7, 11) is 0. The van der Waals surface area contributed by atoms with Crippen molar-refractivity contribution in [1.82, 2.24) is 0 Å². The Bertz CT molecular complexity index is 672. The maximum absolute atomic E-state index is 12.7. The van der Waals surface area contributed by atoms with Crippen molar-refractivity contribution in [1.29, 1.82) is 0 Å². The van der Waals surface area contributed by atoms with Crippen molar-refractivity contribution in [3.05, 3.63) is 71.6 Å². The number of carbonyl (C=O) groups is 2. The molecule has 0 saturated carbocycles. The van der Waals surface area contributed by atoms with Crippen molar-refractivity contribution in [3.63, 3.8) is 0 Å². The van der Waals surface area contributed by atoms with E-state index in [0.717, 1.165) is 6.08 Å². The molecule has 0 atom stereocenters. The van der Waals surface area contributed by atoms with E-state index in [-0.39, 0.29) is 5.75 Å². The highest BCUT2D eigenvalue weighted by molar-refractivity contribution is 5.91. The van der Waals surface area contributed by atoms with Crippen molar-refractivity contribution in [2.75, 3.05) is 0 Å². The van der Waals surface area contributed by atoms with Gasteiger partial charge in [0.05, 0.1) is 5.56 Å². The highest BCUT2D eigenvalue weighted by atomic mass is 19.1. The molecule has 0 unspecified atom stereocenters. The fourth-order valence-corrected chi connectivity index (χ4v) is 1.57. The van der Waals surface area contributed by atoms with E-state index >= 15 is 0 Å². The van der Waals surface area contributed by atoms with E-state index in [0.29, 0.717) is 11.1 Å². The van der Waals surface area contributed by atoms with E-state index in [1.165, 1.54) is 42.5 Å². The molecular formula is C16H11FO4. The number of esters is 1. The summed E-state index contributed by atoms with van der Waals surface area (Å²) in [5.41, 5.74) is 0.961. The fourth-order valence-electron chi connectivity index (χ4n) is 1.57. The largest absolute Gasteiger partial charge is 0.478 e. The first-order valence-corrected chi connectivity index (χ1v) is 6.03. The summed E-state index contributed by atoms with van der Waals surface area (Å²) in [6.45, 7) is 0. The first-order valence-electron chi connectivity index (χ1n) is 6.03. The maximum atomic E-state index is 12.7. The minimum absolute atomic E-state index is 0.247. The van der Waals surface area contributed by atoms with Gasteiger partial charge in [-0.3, -0.25) is 0 Å². The summed E-state index contributed by atoms with van der Waals surface area (Å²) in [5.74, 6) is -1.79. The van der Waals surface area contributed by atoms with Crippen LogP contribution in [-0.4, -0.2) is 17.0 Å². The van der Waals surface area contributed by atoms with Gasteiger partial charge in [0.15, 0.2) is 0 Å². The Kier molecular flexibility index (Phi) is 4.46. The summed E-state index contributed by atoms with van der Waals surface area (Å²) in [6.07, 6.45) is 2.42. The molecule has 21 heavy (non-hydrogen) atoms. The Morgan fingerprint density at radius 2 is 1.62 bits per heavy atom. The Hall–Kier alpha value is -2.95. The number of hydrogen-bond donors (Lipinski definition) is 1. The summed E-state index contributed by atoms with van der Waals surface area (Å²) < 4.78 is 17.8. The second-order valence-corrected chi connectivity index (χ2v) is 4.14. The highest BCUT2D eigenvalue weighted by Crippen LogP contribution is 2.14. The number of carboxylic acids is 1. The summed E-state index contributed by atoms with van der Waals surface area (Å²) in [6, 6.07) is 11.3. The minimum Gasteiger partial charge on any atom is -0.478 e. The van der Waals surface area contributed by atoms with Gasteiger partial charge in [-0.2, -0.15) is 0 Å². The van der Waals surface area contributed by atoms with E-state index in [2.05, 4.69) is 0 Å². The molecule has 0 aliphatic heterocycles. The lowest BCUT2D eigenvalue weighted by Gasteiger charge is -2.04. The lowest BCUT2D eigenvalue weighted by Crippen LogP contribution is -2.08. The molecule has 4 nitrogen and oxygen atoms in total. The molecule has 0 radical (unpaired) electrons. The monoisotopic (exact) mass is 286 g/mol. The second-order valence-electron chi connectivity index (χ2n) is 4.14. The number of aliphatic carboxylic acids is 1. The van der Waals surface area contributed by atoms with Gasteiger partial charge >= 0.3 is 11.9 Å². The standard InChI is InChI=1S/C16H11FO4/c17-13-6-8-14(9-7-13)21-16(20)12-4-1-11(2-5-12)3-10-15(18)19/h1-10H,(H,18,19)/b10-3+. The third-order valence-corrected chi connectivity index (χ3v) is 2.59. The van der Waals surface area contributed by atoms with Crippen LogP contribution in [0.15, 0.2) is 54.6 Å². The molecule has 0 aromatic heterocycles. The Labute approximate surface area is 120 Å². The number of hydrogen-bond acceptors (Lipinski definition) is 3. The Balaban J connectivity index is 2.06. The van der Waals surface area contributed by atoms with Gasteiger partial charge in [-0.05, 0) is 48.0 Å². The van der Waals surface area contributed by atoms with Crippen molar-refractivity contribution in [3.8, 4) is 5.75 Å². The van der Waals surface area contributed by atoms with Crippen LogP contribution in [0.4, 0.5) is 4.39 Å². The van der Waals surface area contributed by atoms with Crippen molar-refractivity contribution in [2.24, 2.45) is 0 Å². The number of carboxylic acid groups (broad SMARTS) is 1. The van der Waals surface area contributed by atoms with Crippen molar-refractivity contribution < 1.29 is 23.8 Å².